The lowest BCUT2D eigenvalue weighted by Gasteiger charge is -2.22. The van der Waals surface area contributed by atoms with Gasteiger partial charge in [-0.05, 0) is 26.0 Å². The summed E-state index contributed by atoms with van der Waals surface area (Å²) in [7, 11) is 0. The molecule has 26 heavy (non-hydrogen) atoms. The molecular formula is C17H16F2N2O5. The number of benzene rings is 2. The highest BCUT2D eigenvalue weighted by atomic mass is 19.1. The number of carbonyl (C=O) groups excluding carboxylic acids is 1. The molecule has 0 radical (unpaired) electrons. The van der Waals surface area contributed by atoms with Gasteiger partial charge in [0.15, 0.2) is 5.60 Å². The number of halogens is 2. The summed E-state index contributed by atoms with van der Waals surface area (Å²) < 4.78 is 31.3. The summed E-state index contributed by atoms with van der Waals surface area (Å²) in [6.45, 7) is 2.11. The molecule has 0 fully saturated rings. The maximum absolute atomic E-state index is 13.1. The predicted octanol–water partition coefficient (Wildman–Crippen LogP) is 2.95. The lowest BCUT2D eigenvalue weighted by Crippen LogP contribution is -2.45. The standard InChI is InChI=1S/C17H16F2N2O5/c1-10-5-13(3-4-15(10)21(24)25)20-16(22)17(2,23)9-26-14-7-11(18)6-12(19)8-14/h3-8,23H,9H2,1-2H3,(H,20,22). The summed E-state index contributed by atoms with van der Waals surface area (Å²) in [5.41, 5.74) is -1.54. The zero-order valence-electron chi connectivity index (χ0n) is 14.0. The van der Waals surface area contributed by atoms with Crippen molar-refractivity contribution in [3.63, 3.8) is 0 Å². The average Bonchev–Trinajstić information content (AvgIpc) is 2.52. The Morgan fingerprint density at radius 3 is 2.42 bits per heavy atom. The Labute approximate surface area is 147 Å². The average molecular weight is 366 g/mol. The Kier molecular flexibility index (Phi) is 5.51. The van der Waals surface area contributed by atoms with E-state index in [9.17, 15) is 28.8 Å². The van der Waals surface area contributed by atoms with Crippen LogP contribution in [0.3, 0.4) is 0 Å². The second-order valence-electron chi connectivity index (χ2n) is 5.88. The van der Waals surface area contributed by atoms with Gasteiger partial charge in [-0.15, -0.1) is 0 Å². The molecule has 7 nitrogen and oxygen atoms in total. The first-order valence-corrected chi connectivity index (χ1v) is 7.46. The Morgan fingerprint density at radius 2 is 1.88 bits per heavy atom. The molecule has 0 aliphatic carbocycles. The summed E-state index contributed by atoms with van der Waals surface area (Å²) in [6, 6.07) is 6.42. The van der Waals surface area contributed by atoms with Crippen molar-refractivity contribution >= 4 is 17.3 Å². The summed E-state index contributed by atoms with van der Waals surface area (Å²) >= 11 is 0. The van der Waals surface area contributed by atoms with E-state index >= 15 is 0 Å². The van der Waals surface area contributed by atoms with Gasteiger partial charge < -0.3 is 15.2 Å². The Balaban J connectivity index is 2.05. The molecule has 2 aromatic rings. The number of amides is 1. The molecule has 1 atom stereocenters. The topological polar surface area (TPSA) is 102 Å². The van der Waals surface area contributed by atoms with Gasteiger partial charge in [0.05, 0.1) is 4.92 Å². The second-order valence-corrected chi connectivity index (χ2v) is 5.88. The van der Waals surface area contributed by atoms with Crippen molar-refractivity contribution in [3.05, 3.63) is 63.7 Å². The molecule has 0 heterocycles. The number of nitrogens with one attached hydrogen (secondary N) is 1. The highest BCUT2D eigenvalue weighted by molar-refractivity contribution is 5.97. The van der Waals surface area contributed by atoms with Crippen LogP contribution in [-0.2, 0) is 4.79 Å². The molecule has 2 aromatic carbocycles. The lowest BCUT2D eigenvalue weighted by molar-refractivity contribution is -0.385. The van der Waals surface area contributed by atoms with E-state index in [0.717, 1.165) is 19.1 Å². The van der Waals surface area contributed by atoms with Gasteiger partial charge in [0.25, 0.3) is 11.6 Å². The van der Waals surface area contributed by atoms with E-state index in [-0.39, 0.29) is 17.1 Å². The van der Waals surface area contributed by atoms with Gasteiger partial charge in [-0.1, -0.05) is 0 Å². The van der Waals surface area contributed by atoms with E-state index in [0.29, 0.717) is 11.6 Å². The number of anilines is 1. The number of nitro groups is 1. The molecule has 9 heteroatoms. The van der Waals surface area contributed by atoms with E-state index < -0.39 is 34.7 Å². The summed E-state index contributed by atoms with van der Waals surface area (Å²) in [5.74, 6) is -2.74. The van der Waals surface area contributed by atoms with Gasteiger partial charge in [0, 0.05) is 35.5 Å². The maximum atomic E-state index is 13.1. The van der Waals surface area contributed by atoms with Crippen molar-refractivity contribution in [3.8, 4) is 5.75 Å². The van der Waals surface area contributed by atoms with Crippen LogP contribution in [0, 0.1) is 28.7 Å². The molecule has 2 rings (SSSR count). The fraction of sp³-hybridized carbons (Fsp3) is 0.235. The van der Waals surface area contributed by atoms with Crippen LogP contribution < -0.4 is 10.1 Å². The van der Waals surface area contributed by atoms with Gasteiger partial charge in [-0.2, -0.15) is 0 Å². The minimum atomic E-state index is -2.02. The molecule has 0 aromatic heterocycles. The fourth-order valence-electron chi connectivity index (χ4n) is 2.11. The van der Waals surface area contributed by atoms with Crippen molar-refractivity contribution in [2.75, 3.05) is 11.9 Å². The van der Waals surface area contributed by atoms with Crippen molar-refractivity contribution in [1.29, 1.82) is 0 Å². The van der Waals surface area contributed by atoms with Crippen LogP contribution in [0.25, 0.3) is 0 Å². The molecule has 0 aliphatic rings. The molecule has 0 saturated carbocycles. The first kappa shape index (κ1) is 19.3. The number of aliphatic hydroxyl groups is 1. The van der Waals surface area contributed by atoms with Gasteiger partial charge in [-0.25, -0.2) is 8.78 Å². The smallest absolute Gasteiger partial charge is 0.272 e. The van der Waals surface area contributed by atoms with Crippen molar-refractivity contribution in [2.45, 2.75) is 19.4 Å². The molecule has 1 amide bonds. The third-order valence-electron chi connectivity index (χ3n) is 3.50. The monoisotopic (exact) mass is 366 g/mol. The summed E-state index contributed by atoms with van der Waals surface area (Å²) in [6.07, 6.45) is 0. The van der Waals surface area contributed by atoms with Crippen LogP contribution in [0.15, 0.2) is 36.4 Å². The number of hydrogen-bond donors (Lipinski definition) is 2. The van der Waals surface area contributed by atoms with Gasteiger partial charge in [0.2, 0.25) is 0 Å². The van der Waals surface area contributed by atoms with E-state index in [1.54, 1.807) is 0 Å². The fourth-order valence-corrected chi connectivity index (χ4v) is 2.11. The second kappa shape index (κ2) is 7.44. The van der Waals surface area contributed by atoms with Gasteiger partial charge in [0.1, 0.15) is 24.0 Å². The van der Waals surface area contributed by atoms with Crippen molar-refractivity contribution < 1.29 is 28.3 Å². The number of aryl methyl sites for hydroxylation is 1. The van der Waals surface area contributed by atoms with Crippen LogP contribution >= 0.6 is 0 Å². The zero-order valence-corrected chi connectivity index (χ0v) is 14.0. The Bertz CT molecular complexity index is 835. The first-order chi connectivity index (χ1) is 12.1. The predicted molar refractivity (Wildman–Crippen MR) is 88.9 cm³/mol. The number of ether oxygens (including phenoxy) is 1. The highest BCUT2D eigenvalue weighted by Gasteiger charge is 2.32. The minimum Gasteiger partial charge on any atom is -0.490 e. The SMILES string of the molecule is Cc1cc(NC(=O)C(C)(O)COc2cc(F)cc(F)c2)ccc1[N+](=O)[O-]. The number of hydrogen-bond acceptors (Lipinski definition) is 5. The number of rotatable bonds is 6. The van der Waals surface area contributed by atoms with Gasteiger partial charge in [-0.3, -0.25) is 14.9 Å². The number of nitro benzene ring substituents is 1. The largest absolute Gasteiger partial charge is 0.490 e. The van der Waals surface area contributed by atoms with Crippen LogP contribution in [0.1, 0.15) is 12.5 Å². The van der Waals surface area contributed by atoms with E-state index in [4.69, 9.17) is 4.74 Å². The van der Waals surface area contributed by atoms with E-state index in [1.165, 1.54) is 25.1 Å². The molecule has 1 unspecified atom stereocenters. The van der Waals surface area contributed by atoms with E-state index in [2.05, 4.69) is 5.32 Å². The zero-order chi connectivity index (χ0) is 19.5. The first-order valence-electron chi connectivity index (χ1n) is 7.46. The molecule has 0 saturated heterocycles. The quantitative estimate of drug-likeness (QED) is 0.605. The van der Waals surface area contributed by atoms with Crippen molar-refractivity contribution in [1.82, 2.24) is 0 Å². The molecule has 138 valence electrons. The third kappa shape index (κ3) is 4.73. The molecule has 0 aliphatic heterocycles. The van der Waals surface area contributed by atoms with Crippen molar-refractivity contribution in [2.24, 2.45) is 0 Å². The number of carbonyl (C=O) groups is 1. The molecule has 0 spiro atoms. The van der Waals surface area contributed by atoms with Crippen LogP contribution in [0.5, 0.6) is 5.75 Å². The Morgan fingerprint density at radius 1 is 1.27 bits per heavy atom. The normalized spacial score (nSPS) is 13.0. The van der Waals surface area contributed by atoms with Crippen LogP contribution in [0.4, 0.5) is 20.2 Å². The third-order valence-corrected chi connectivity index (χ3v) is 3.50. The molecule has 2 N–H and O–H groups in total. The lowest BCUT2D eigenvalue weighted by atomic mass is 10.1. The van der Waals surface area contributed by atoms with Gasteiger partial charge >= 0.3 is 0 Å². The number of nitrogens with zero attached hydrogens (tertiary/aromatic N) is 1. The Hall–Kier alpha value is -3.07. The highest BCUT2D eigenvalue weighted by Crippen LogP contribution is 2.23. The maximum Gasteiger partial charge on any atom is 0.272 e. The van der Waals surface area contributed by atoms with Crippen LogP contribution in [0.2, 0.25) is 0 Å². The minimum absolute atomic E-state index is 0.105. The molecular weight excluding hydrogens is 350 g/mol. The summed E-state index contributed by atoms with van der Waals surface area (Å²) in [4.78, 5) is 22.4. The van der Waals surface area contributed by atoms with E-state index in [1.807, 2.05) is 0 Å². The summed E-state index contributed by atoms with van der Waals surface area (Å²) in [5, 5.41) is 23.4. The molecule has 0 bridgehead atoms. The van der Waals surface area contributed by atoms with Crippen LogP contribution in [-0.4, -0.2) is 28.1 Å².